The predicted octanol–water partition coefficient (Wildman–Crippen LogP) is 5.40. The molecule has 2 fully saturated rings. The summed E-state index contributed by atoms with van der Waals surface area (Å²) < 4.78 is 7.73. The highest BCUT2D eigenvalue weighted by Gasteiger charge is 2.34. The van der Waals surface area contributed by atoms with Gasteiger partial charge in [0, 0.05) is 42.6 Å². The normalized spacial score (nSPS) is 19.2. The van der Waals surface area contributed by atoms with Gasteiger partial charge in [0.05, 0.1) is 5.39 Å². The Morgan fingerprint density at radius 1 is 1.12 bits per heavy atom. The van der Waals surface area contributed by atoms with E-state index in [0.717, 1.165) is 22.5 Å². The summed E-state index contributed by atoms with van der Waals surface area (Å²) in [7, 11) is 0. The van der Waals surface area contributed by atoms with Gasteiger partial charge < -0.3 is 19.1 Å². The van der Waals surface area contributed by atoms with Gasteiger partial charge in [-0.25, -0.2) is 14.8 Å². The molecule has 1 amide bonds. The van der Waals surface area contributed by atoms with E-state index in [2.05, 4.69) is 27.6 Å². The van der Waals surface area contributed by atoms with Crippen LogP contribution in [-0.2, 0) is 4.74 Å². The van der Waals surface area contributed by atoms with Crippen molar-refractivity contribution in [3.8, 4) is 5.69 Å². The van der Waals surface area contributed by atoms with Crippen molar-refractivity contribution in [2.24, 2.45) is 0 Å². The minimum absolute atomic E-state index is 0.107. The Balaban J connectivity index is 1.49. The number of hydrogen-bond donors (Lipinski definition) is 0. The first-order chi connectivity index (χ1) is 15.7. The SMILES string of the molecule is C[C@H]1CN(C(=O)OC(C)(C)C)CCN1c1ncnc2c1c(C1CC1)cn2-c1ccc(Cl)cc1. The maximum Gasteiger partial charge on any atom is 0.410 e. The van der Waals surface area contributed by atoms with Gasteiger partial charge in [0.15, 0.2) is 0 Å². The van der Waals surface area contributed by atoms with E-state index in [0.29, 0.717) is 30.6 Å². The Labute approximate surface area is 199 Å². The van der Waals surface area contributed by atoms with Gasteiger partial charge in [-0.05, 0) is 76.3 Å². The van der Waals surface area contributed by atoms with Crippen LogP contribution in [0.15, 0.2) is 36.8 Å². The summed E-state index contributed by atoms with van der Waals surface area (Å²) in [6.07, 6.45) is 5.99. The van der Waals surface area contributed by atoms with Gasteiger partial charge in [-0.3, -0.25) is 0 Å². The fraction of sp³-hybridized carbons (Fsp3) is 0.480. The first-order valence-electron chi connectivity index (χ1n) is 11.6. The number of amides is 1. The number of anilines is 1. The molecular weight excluding hydrogens is 438 g/mol. The van der Waals surface area contributed by atoms with Gasteiger partial charge in [-0.15, -0.1) is 0 Å². The highest BCUT2D eigenvalue weighted by Crippen LogP contribution is 2.46. The Bertz CT molecular complexity index is 1180. The van der Waals surface area contributed by atoms with Crippen molar-refractivity contribution in [1.82, 2.24) is 19.4 Å². The van der Waals surface area contributed by atoms with Gasteiger partial charge >= 0.3 is 6.09 Å². The average Bonchev–Trinajstić information content (AvgIpc) is 3.53. The van der Waals surface area contributed by atoms with E-state index in [1.54, 1.807) is 11.2 Å². The van der Waals surface area contributed by atoms with Gasteiger partial charge in [0.2, 0.25) is 0 Å². The monoisotopic (exact) mass is 467 g/mol. The molecule has 33 heavy (non-hydrogen) atoms. The Hall–Kier alpha value is -2.80. The molecule has 0 radical (unpaired) electrons. The largest absolute Gasteiger partial charge is 0.444 e. The molecule has 1 atom stereocenters. The number of ether oxygens (including phenoxy) is 1. The first-order valence-corrected chi connectivity index (χ1v) is 12.0. The summed E-state index contributed by atoms with van der Waals surface area (Å²) in [5.41, 5.74) is 2.74. The fourth-order valence-electron chi connectivity index (χ4n) is 4.56. The molecule has 0 bridgehead atoms. The van der Waals surface area contributed by atoms with Crippen molar-refractivity contribution in [1.29, 1.82) is 0 Å². The van der Waals surface area contributed by atoms with Crippen LogP contribution in [0.5, 0.6) is 0 Å². The van der Waals surface area contributed by atoms with Crippen molar-refractivity contribution in [3.63, 3.8) is 0 Å². The minimum Gasteiger partial charge on any atom is -0.444 e. The maximum atomic E-state index is 12.6. The molecule has 1 saturated heterocycles. The van der Waals surface area contributed by atoms with Gasteiger partial charge in [0.25, 0.3) is 0 Å². The summed E-state index contributed by atoms with van der Waals surface area (Å²) in [6.45, 7) is 9.71. The van der Waals surface area contributed by atoms with E-state index in [1.807, 2.05) is 45.0 Å². The molecule has 3 heterocycles. The lowest BCUT2D eigenvalue weighted by molar-refractivity contribution is 0.0218. The Morgan fingerprint density at radius 2 is 1.85 bits per heavy atom. The van der Waals surface area contributed by atoms with Gasteiger partial charge in [-0.2, -0.15) is 0 Å². The fourth-order valence-corrected chi connectivity index (χ4v) is 4.68. The van der Waals surface area contributed by atoms with Crippen LogP contribution in [0.4, 0.5) is 10.6 Å². The van der Waals surface area contributed by atoms with Crippen LogP contribution in [0.2, 0.25) is 5.02 Å². The number of carbonyl (C=O) groups is 1. The first kappa shape index (κ1) is 22.0. The van der Waals surface area contributed by atoms with Crippen LogP contribution in [-0.4, -0.2) is 56.8 Å². The zero-order valence-corrected chi connectivity index (χ0v) is 20.3. The van der Waals surface area contributed by atoms with E-state index in [4.69, 9.17) is 21.3 Å². The third kappa shape index (κ3) is 4.38. The molecule has 174 valence electrons. The summed E-state index contributed by atoms with van der Waals surface area (Å²) in [4.78, 5) is 26.1. The number of nitrogens with zero attached hydrogens (tertiary/aromatic N) is 5. The number of fused-ring (bicyclic) bond motifs is 1. The number of benzene rings is 1. The molecule has 3 aromatic rings. The lowest BCUT2D eigenvalue weighted by atomic mass is 10.1. The molecule has 8 heteroatoms. The smallest absolute Gasteiger partial charge is 0.410 e. The Kier molecular flexibility index (Phi) is 5.47. The van der Waals surface area contributed by atoms with Crippen molar-refractivity contribution in [3.05, 3.63) is 47.4 Å². The van der Waals surface area contributed by atoms with Gasteiger partial charge in [0.1, 0.15) is 23.4 Å². The van der Waals surface area contributed by atoms with Crippen LogP contribution in [0.1, 0.15) is 52.0 Å². The zero-order chi connectivity index (χ0) is 23.3. The van der Waals surface area contributed by atoms with Crippen LogP contribution in [0.25, 0.3) is 16.7 Å². The maximum absolute atomic E-state index is 12.6. The standard InChI is InChI=1S/C25H30ClN5O2/c1-16-13-29(24(32)33-25(2,3)4)11-12-30(16)22-21-20(17-5-6-17)14-31(23(21)28-15-27-22)19-9-7-18(26)8-10-19/h7-10,14-17H,5-6,11-13H2,1-4H3/t16-/m0/s1. The lowest BCUT2D eigenvalue weighted by Gasteiger charge is -2.41. The summed E-state index contributed by atoms with van der Waals surface area (Å²) in [5.74, 6) is 1.50. The summed E-state index contributed by atoms with van der Waals surface area (Å²) in [5, 5.41) is 1.83. The molecule has 2 aromatic heterocycles. The second kappa shape index (κ2) is 8.20. The quantitative estimate of drug-likeness (QED) is 0.516. The van der Waals surface area contributed by atoms with Crippen molar-refractivity contribution >= 4 is 34.5 Å². The molecule has 0 N–H and O–H groups in total. The van der Waals surface area contributed by atoms with Crippen molar-refractivity contribution in [2.45, 2.75) is 58.1 Å². The summed E-state index contributed by atoms with van der Waals surface area (Å²) in [6, 6.07) is 7.94. The minimum atomic E-state index is -0.500. The molecule has 2 aliphatic rings. The molecular formula is C25H30ClN5O2. The molecule has 1 aliphatic carbocycles. The molecule has 1 saturated carbocycles. The number of rotatable bonds is 3. The third-order valence-electron chi connectivity index (χ3n) is 6.27. The zero-order valence-electron chi connectivity index (χ0n) is 19.6. The Morgan fingerprint density at radius 3 is 2.48 bits per heavy atom. The number of hydrogen-bond acceptors (Lipinski definition) is 5. The summed E-state index contributed by atoms with van der Waals surface area (Å²) >= 11 is 6.12. The van der Waals surface area contributed by atoms with E-state index in [1.165, 1.54) is 18.4 Å². The van der Waals surface area contributed by atoms with Crippen LogP contribution in [0.3, 0.4) is 0 Å². The van der Waals surface area contributed by atoms with Crippen LogP contribution >= 0.6 is 11.6 Å². The number of aromatic nitrogens is 3. The highest BCUT2D eigenvalue weighted by atomic mass is 35.5. The number of carbonyl (C=O) groups excluding carboxylic acids is 1. The van der Waals surface area contributed by atoms with Crippen molar-refractivity contribution < 1.29 is 9.53 Å². The van der Waals surface area contributed by atoms with Gasteiger partial charge in [-0.1, -0.05) is 11.6 Å². The molecule has 5 rings (SSSR count). The molecule has 0 spiro atoms. The van der Waals surface area contributed by atoms with Crippen molar-refractivity contribution in [2.75, 3.05) is 24.5 Å². The van der Waals surface area contributed by atoms with Crippen LogP contribution < -0.4 is 4.90 Å². The second-order valence-corrected chi connectivity index (χ2v) is 10.5. The second-order valence-electron chi connectivity index (χ2n) is 10.1. The molecule has 1 aliphatic heterocycles. The average molecular weight is 468 g/mol. The molecule has 0 unspecified atom stereocenters. The predicted molar refractivity (Wildman–Crippen MR) is 130 cm³/mol. The highest BCUT2D eigenvalue weighted by molar-refractivity contribution is 6.30. The van der Waals surface area contributed by atoms with E-state index in [9.17, 15) is 4.79 Å². The lowest BCUT2D eigenvalue weighted by Crippen LogP contribution is -2.54. The topological polar surface area (TPSA) is 63.5 Å². The van der Waals surface area contributed by atoms with E-state index < -0.39 is 5.60 Å². The third-order valence-corrected chi connectivity index (χ3v) is 6.52. The van der Waals surface area contributed by atoms with E-state index >= 15 is 0 Å². The number of halogens is 1. The number of piperazine rings is 1. The molecule has 1 aromatic carbocycles. The van der Waals surface area contributed by atoms with Crippen LogP contribution in [0, 0.1) is 0 Å². The molecule has 7 nitrogen and oxygen atoms in total. The van der Waals surface area contributed by atoms with E-state index in [-0.39, 0.29) is 12.1 Å².